The van der Waals surface area contributed by atoms with Crippen molar-refractivity contribution in [2.75, 3.05) is 0 Å². The van der Waals surface area contributed by atoms with E-state index in [2.05, 4.69) is 6.92 Å². The first kappa shape index (κ1) is 42.2. The summed E-state index contributed by atoms with van der Waals surface area (Å²) in [6.07, 6.45) is 48.0. The molecule has 0 unspecified atom stereocenters. The molecule has 0 heterocycles. The largest absolute Gasteiger partial charge is 1.00 e. The first-order valence-corrected chi connectivity index (χ1v) is 18.5. The maximum atomic E-state index is 10.4. The number of hydrogen-bond acceptors (Lipinski definition) is 2. The normalized spacial score (nSPS) is 11.1. The number of carbonyl (C=O) groups excluding carboxylic acids is 1. The Morgan fingerprint density at radius 2 is 0.475 bits per heavy atom. The SMILES string of the molecule is CCCCCCCCCCCCCCCCCCCCCCCCCCCCCCCCCCCCC(=O)[O-].[Li+]. The van der Waals surface area contributed by atoms with Gasteiger partial charge in [0.1, 0.15) is 0 Å². The van der Waals surface area contributed by atoms with Crippen LogP contribution < -0.4 is 24.0 Å². The van der Waals surface area contributed by atoms with Crippen LogP contribution in [0.15, 0.2) is 0 Å². The van der Waals surface area contributed by atoms with Gasteiger partial charge in [-0.05, 0) is 12.8 Å². The molecule has 0 rings (SSSR count). The Labute approximate surface area is 265 Å². The second-order valence-electron chi connectivity index (χ2n) is 12.8. The Bertz CT molecular complexity index is 453. The fourth-order valence-electron chi connectivity index (χ4n) is 6.00. The fourth-order valence-corrected chi connectivity index (χ4v) is 6.00. The van der Waals surface area contributed by atoms with Crippen LogP contribution in [0.1, 0.15) is 232 Å². The van der Waals surface area contributed by atoms with E-state index in [1.807, 2.05) is 0 Å². The van der Waals surface area contributed by atoms with Crippen molar-refractivity contribution >= 4 is 5.97 Å². The van der Waals surface area contributed by atoms with Crippen LogP contribution >= 0.6 is 0 Å². The number of carboxylic acids is 1. The Morgan fingerprint density at radius 1 is 0.325 bits per heavy atom. The van der Waals surface area contributed by atoms with Crippen LogP contribution in [-0.4, -0.2) is 5.97 Å². The number of rotatable bonds is 35. The number of hydrogen-bond donors (Lipinski definition) is 0. The van der Waals surface area contributed by atoms with Crippen molar-refractivity contribution in [3.05, 3.63) is 0 Å². The predicted molar refractivity (Wildman–Crippen MR) is 172 cm³/mol. The maximum Gasteiger partial charge on any atom is 1.00 e. The summed E-state index contributed by atoms with van der Waals surface area (Å²) >= 11 is 0. The molecule has 0 atom stereocenters. The van der Waals surface area contributed by atoms with Crippen molar-refractivity contribution in [2.45, 2.75) is 232 Å². The van der Waals surface area contributed by atoms with Gasteiger partial charge in [-0.3, -0.25) is 0 Å². The van der Waals surface area contributed by atoms with Gasteiger partial charge in [-0.25, -0.2) is 0 Å². The van der Waals surface area contributed by atoms with E-state index in [1.54, 1.807) is 0 Å². The third kappa shape index (κ3) is 40.2. The quantitative estimate of drug-likeness (QED) is 0.0576. The smallest absolute Gasteiger partial charge is 0.550 e. The zero-order valence-electron chi connectivity index (χ0n) is 28.1. The van der Waals surface area contributed by atoms with E-state index in [4.69, 9.17) is 0 Å². The summed E-state index contributed by atoms with van der Waals surface area (Å²) in [7, 11) is 0. The van der Waals surface area contributed by atoms with E-state index < -0.39 is 5.97 Å². The van der Waals surface area contributed by atoms with Gasteiger partial charge >= 0.3 is 18.9 Å². The van der Waals surface area contributed by atoms with E-state index in [0.29, 0.717) is 0 Å². The molecule has 0 bridgehead atoms. The van der Waals surface area contributed by atoms with Crippen molar-refractivity contribution in [3.63, 3.8) is 0 Å². The second-order valence-corrected chi connectivity index (χ2v) is 12.8. The Kier molecular flexibility index (Phi) is 41.2. The molecule has 3 heteroatoms. The molecule has 0 aromatic carbocycles. The molecule has 0 saturated carbocycles. The molecule has 0 N–H and O–H groups in total. The molecule has 0 aromatic heterocycles. The second kappa shape index (κ2) is 39.1. The fraction of sp³-hybridized carbons (Fsp3) is 0.973. The van der Waals surface area contributed by atoms with Crippen molar-refractivity contribution in [1.29, 1.82) is 0 Å². The van der Waals surface area contributed by atoms with Crippen LogP contribution in [0.5, 0.6) is 0 Å². The summed E-state index contributed by atoms with van der Waals surface area (Å²) in [5, 5.41) is 10.4. The molecule has 0 aromatic rings. The zero-order valence-corrected chi connectivity index (χ0v) is 28.1. The van der Waals surface area contributed by atoms with Crippen molar-refractivity contribution in [3.8, 4) is 0 Å². The van der Waals surface area contributed by atoms with Gasteiger partial charge in [0.2, 0.25) is 0 Å². The van der Waals surface area contributed by atoms with Crippen molar-refractivity contribution in [1.82, 2.24) is 0 Å². The summed E-state index contributed by atoms with van der Waals surface area (Å²) in [6.45, 7) is 2.30. The van der Waals surface area contributed by atoms with Crippen LogP contribution in [-0.2, 0) is 4.79 Å². The Balaban J connectivity index is 0. The number of aliphatic carboxylic acids is 1. The van der Waals surface area contributed by atoms with Gasteiger partial charge in [-0.2, -0.15) is 0 Å². The number of carbonyl (C=O) groups is 1. The van der Waals surface area contributed by atoms with E-state index in [0.717, 1.165) is 12.8 Å². The summed E-state index contributed by atoms with van der Waals surface area (Å²) < 4.78 is 0. The first-order valence-electron chi connectivity index (χ1n) is 18.5. The number of unbranched alkanes of at least 4 members (excludes halogenated alkanes) is 33. The average molecular weight is 557 g/mol. The summed E-state index contributed by atoms with van der Waals surface area (Å²) in [5.74, 6) is -0.897. The molecule has 2 nitrogen and oxygen atoms in total. The van der Waals surface area contributed by atoms with Gasteiger partial charge in [-0.15, -0.1) is 0 Å². The van der Waals surface area contributed by atoms with Crippen LogP contribution in [0.2, 0.25) is 0 Å². The summed E-state index contributed by atoms with van der Waals surface area (Å²) in [4.78, 5) is 10.4. The van der Waals surface area contributed by atoms with Crippen LogP contribution in [0, 0.1) is 0 Å². The van der Waals surface area contributed by atoms with Crippen LogP contribution in [0.3, 0.4) is 0 Å². The molecule has 0 fully saturated rings. The number of carboxylic acid groups (broad SMARTS) is 1. The minimum Gasteiger partial charge on any atom is -0.550 e. The van der Waals surface area contributed by atoms with Gasteiger partial charge < -0.3 is 9.90 Å². The van der Waals surface area contributed by atoms with E-state index >= 15 is 0 Å². The molecule has 0 amide bonds. The topological polar surface area (TPSA) is 40.1 Å². The van der Waals surface area contributed by atoms with E-state index in [-0.39, 0.29) is 25.3 Å². The van der Waals surface area contributed by atoms with Gasteiger partial charge in [0.05, 0.1) is 0 Å². The average Bonchev–Trinajstić information content (AvgIpc) is 2.93. The molecular formula is C37H73LiO2. The standard InChI is InChI=1S/C37H74O2.Li/c1-2-3-4-5-6-7-8-9-10-11-12-13-14-15-16-17-18-19-20-21-22-23-24-25-26-27-28-29-30-31-32-33-34-35-36-37(38)39;/h2-36H2,1H3,(H,38,39);/q;+1/p-1. The molecule has 40 heavy (non-hydrogen) atoms. The van der Waals surface area contributed by atoms with Gasteiger partial charge in [0, 0.05) is 5.97 Å². The Hall–Kier alpha value is 0.0674. The summed E-state index contributed by atoms with van der Waals surface area (Å²) in [5.41, 5.74) is 0. The predicted octanol–water partition coefficient (Wildman–Crippen LogP) is 9.41. The first-order chi connectivity index (χ1) is 19.3. The van der Waals surface area contributed by atoms with Gasteiger partial charge in [0.15, 0.2) is 0 Å². The van der Waals surface area contributed by atoms with Gasteiger partial charge in [0.25, 0.3) is 0 Å². The Morgan fingerprint density at radius 3 is 0.625 bits per heavy atom. The monoisotopic (exact) mass is 557 g/mol. The van der Waals surface area contributed by atoms with E-state index in [9.17, 15) is 9.90 Å². The van der Waals surface area contributed by atoms with Crippen LogP contribution in [0.25, 0.3) is 0 Å². The van der Waals surface area contributed by atoms with Crippen molar-refractivity contribution < 1.29 is 28.8 Å². The molecule has 0 aliphatic heterocycles. The minimum atomic E-state index is -0.897. The van der Waals surface area contributed by atoms with Crippen molar-refractivity contribution in [2.24, 2.45) is 0 Å². The molecule has 0 spiro atoms. The molecule has 234 valence electrons. The summed E-state index contributed by atoms with van der Waals surface area (Å²) in [6, 6.07) is 0. The molecular weight excluding hydrogens is 483 g/mol. The molecule has 0 aliphatic carbocycles. The van der Waals surface area contributed by atoms with E-state index in [1.165, 1.54) is 205 Å². The zero-order chi connectivity index (χ0) is 28.3. The maximum absolute atomic E-state index is 10.4. The molecule has 0 aliphatic rings. The molecule has 0 saturated heterocycles. The van der Waals surface area contributed by atoms with Crippen LogP contribution in [0.4, 0.5) is 0 Å². The van der Waals surface area contributed by atoms with Gasteiger partial charge in [-0.1, -0.05) is 219 Å². The third-order valence-electron chi connectivity index (χ3n) is 8.73. The molecule has 0 radical (unpaired) electrons. The minimum absolute atomic E-state index is 0. The third-order valence-corrected chi connectivity index (χ3v) is 8.73.